The molecule has 0 aliphatic heterocycles. The Hall–Kier alpha value is -2.26. The third kappa shape index (κ3) is 5.86. The molecule has 2 aliphatic carbocycles. The van der Waals surface area contributed by atoms with Crippen molar-refractivity contribution in [1.82, 2.24) is 9.88 Å². The van der Waals surface area contributed by atoms with E-state index in [2.05, 4.69) is 17.2 Å². The van der Waals surface area contributed by atoms with Gasteiger partial charge in [0.2, 0.25) is 0 Å². The molecule has 2 N–H and O–H groups in total. The first-order valence-electron chi connectivity index (χ1n) is 12.0. The second-order valence-corrected chi connectivity index (χ2v) is 12.1. The van der Waals surface area contributed by atoms with E-state index in [4.69, 9.17) is 4.74 Å². The number of aromatic nitrogens is 1. The third-order valence-electron chi connectivity index (χ3n) is 7.03. The molecule has 0 saturated heterocycles. The van der Waals surface area contributed by atoms with Crippen molar-refractivity contribution in [2.75, 3.05) is 19.0 Å². The number of carbonyl (C=O) groups is 2. The van der Waals surface area contributed by atoms with E-state index in [1.807, 2.05) is 29.2 Å². The van der Waals surface area contributed by atoms with Gasteiger partial charge in [0.25, 0.3) is 0 Å². The Morgan fingerprint density at radius 2 is 1.94 bits per heavy atom. The molecule has 1 aromatic heterocycles. The molecule has 2 aromatic rings. The van der Waals surface area contributed by atoms with E-state index in [1.54, 1.807) is 13.3 Å². The molecule has 1 aromatic carbocycles. The zero-order valence-electron chi connectivity index (χ0n) is 19.8. The number of amides is 2. The summed E-state index contributed by atoms with van der Waals surface area (Å²) in [7, 11) is 1.65. The number of nitrogens with zero attached hydrogens (tertiary/aromatic N) is 2. The summed E-state index contributed by atoms with van der Waals surface area (Å²) in [5.41, 5.74) is 1.16. The lowest BCUT2D eigenvalue weighted by molar-refractivity contribution is -0.142. The van der Waals surface area contributed by atoms with Crippen LogP contribution in [0.5, 0.6) is 5.75 Å². The molecule has 1 heterocycles. The normalized spacial score (nSPS) is 21.4. The van der Waals surface area contributed by atoms with Crippen LogP contribution in [0.25, 0.3) is 0 Å². The highest BCUT2D eigenvalue weighted by atomic mass is 32.2. The maximum atomic E-state index is 13.3. The number of nitrogens with one attached hydrogen (secondary N) is 1. The Morgan fingerprint density at radius 3 is 2.53 bits per heavy atom. The summed E-state index contributed by atoms with van der Waals surface area (Å²) in [6, 6.07) is 8.07. The van der Waals surface area contributed by atoms with E-state index >= 15 is 0 Å². The SMILES string of the molecule is COc1ccc(CCN(C(=O)Nc2ncc(SC3(C(=O)O)CCC3)s2)C2CCC(C)CC2)cc1. The lowest BCUT2D eigenvalue weighted by atomic mass is 9.84. The van der Waals surface area contributed by atoms with Crippen molar-refractivity contribution in [1.29, 1.82) is 0 Å². The van der Waals surface area contributed by atoms with Crippen LogP contribution in [0.2, 0.25) is 0 Å². The molecule has 2 fully saturated rings. The van der Waals surface area contributed by atoms with Gasteiger partial charge in [-0.2, -0.15) is 0 Å². The van der Waals surface area contributed by atoms with Crippen LogP contribution in [0.15, 0.2) is 34.7 Å². The van der Waals surface area contributed by atoms with Gasteiger partial charge in [-0.05, 0) is 75.0 Å². The molecule has 0 atom stereocenters. The number of urea groups is 1. The minimum atomic E-state index is -0.765. The first-order valence-corrected chi connectivity index (χ1v) is 13.6. The van der Waals surface area contributed by atoms with Gasteiger partial charge in [0.05, 0.1) is 17.5 Å². The molecule has 9 heteroatoms. The molecule has 0 bridgehead atoms. The number of benzene rings is 1. The fourth-order valence-corrected chi connectivity index (χ4v) is 7.12. The Balaban J connectivity index is 1.41. The molecule has 0 unspecified atom stereocenters. The summed E-state index contributed by atoms with van der Waals surface area (Å²) in [6.45, 7) is 2.91. The second kappa shape index (κ2) is 11.0. The minimum absolute atomic E-state index is 0.129. The zero-order chi connectivity index (χ0) is 24.1. The maximum absolute atomic E-state index is 13.3. The van der Waals surface area contributed by atoms with E-state index < -0.39 is 10.7 Å². The van der Waals surface area contributed by atoms with Gasteiger partial charge < -0.3 is 14.7 Å². The van der Waals surface area contributed by atoms with Crippen LogP contribution in [0.1, 0.15) is 57.4 Å². The van der Waals surface area contributed by atoms with E-state index in [0.29, 0.717) is 30.4 Å². The van der Waals surface area contributed by atoms with Gasteiger partial charge in [-0.15, -0.1) is 0 Å². The average Bonchev–Trinajstić information content (AvgIpc) is 3.24. The van der Waals surface area contributed by atoms with Gasteiger partial charge in [0.15, 0.2) is 5.13 Å². The first kappa shape index (κ1) is 24.9. The van der Waals surface area contributed by atoms with Gasteiger partial charge in [-0.25, -0.2) is 9.78 Å². The number of hydrogen-bond donors (Lipinski definition) is 2. The van der Waals surface area contributed by atoms with Gasteiger partial charge in [-0.3, -0.25) is 10.1 Å². The molecule has 2 saturated carbocycles. The largest absolute Gasteiger partial charge is 0.497 e. The molecular formula is C25H33N3O4S2. The first-order chi connectivity index (χ1) is 16.4. The van der Waals surface area contributed by atoms with Gasteiger partial charge in [0.1, 0.15) is 10.5 Å². The predicted molar refractivity (Wildman–Crippen MR) is 136 cm³/mol. The Morgan fingerprint density at radius 1 is 1.24 bits per heavy atom. The number of anilines is 1. The van der Waals surface area contributed by atoms with Crippen molar-refractivity contribution in [2.45, 2.75) is 73.3 Å². The highest BCUT2D eigenvalue weighted by molar-refractivity contribution is 8.03. The summed E-state index contributed by atoms with van der Waals surface area (Å²) >= 11 is 2.72. The van der Waals surface area contributed by atoms with E-state index in [-0.39, 0.29) is 12.1 Å². The number of methoxy groups -OCH3 is 1. The van der Waals surface area contributed by atoms with Gasteiger partial charge >= 0.3 is 12.0 Å². The van der Waals surface area contributed by atoms with Crippen LogP contribution in [0.3, 0.4) is 0 Å². The number of rotatable bonds is 9. The molecule has 0 radical (unpaired) electrons. The molecule has 7 nitrogen and oxygen atoms in total. The van der Waals surface area contributed by atoms with Gasteiger partial charge in [0, 0.05) is 12.6 Å². The number of aliphatic carboxylic acids is 1. The molecule has 2 aliphatic rings. The van der Waals surface area contributed by atoms with Gasteiger partial charge in [-0.1, -0.05) is 42.2 Å². The number of hydrogen-bond acceptors (Lipinski definition) is 6. The molecule has 4 rings (SSSR count). The average molecular weight is 504 g/mol. The fraction of sp³-hybridized carbons (Fsp3) is 0.560. The molecule has 34 heavy (non-hydrogen) atoms. The third-order valence-corrected chi connectivity index (χ3v) is 9.52. The van der Waals surface area contributed by atoms with Crippen molar-refractivity contribution in [3.05, 3.63) is 36.0 Å². The summed E-state index contributed by atoms with van der Waals surface area (Å²) in [5.74, 6) is 0.761. The maximum Gasteiger partial charge on any atom is 0.323 e. The highest BCUT2D eigenvalue weighted by Gasteiger charge is 2.46. The van der Waals surface area contributed by atoms with Crippen molar-refractivity contribution in [3.63, 3.8) is 0 Å². The zero-order valence-corrected chi connectivity index (χ0v) is 21.4. The fourth-order valence-electron chi connectivity index (χ4n) is 4.62. The van der Waals surface area contributed by atoms with Crippen molar-refractivity contribution in [3.8, 4) is 5.75 Å². The lowest BCUT2D eigenvalue weighted by Crippen LogP contribution is -2.45. The van der Waals surface area contributed by atoms with Crippen molar-refractivity contribution < 1.29 is 19.4 Å². The summed E-state index contributed by atoms with van der Waals surface area (Å²) in [5, 5.41) is 13.1. The van der Waals surface area contributed by atoms with E-state index in [0.717, 1.165) is 54.0 Å². The number of carbonyl (C=O) groups excluding carboxylic acids is 1. The smallest absolute Gasteiger partial charge is 0.323 e. The monoisotopic (exact) mass is 503 g/mol. The van der Waals surface area contributed by atoms with E-state index in [1.165, 1.54) is 23.1 Å². The summed E-state index contributed by atoms with van der Waals surface area (Å²) < 4.78 is 5.33. The Bertz CT molecular complexity index is 982. The van der Waals surface area contributed by atoms with Crippen LogP contribution in [-0.2, 0) is 11.2 Å². The Labute approximate surface area is 209 Å². The topological polar surface area (TPSA) is 91.8 Å². The minimum Gasteiger partial charge on any atom is -0.497 e. The molecule has 2 amide bonds. The second-order valence-electron chi connectivity index (χ2n) is 9.37. The number of carboxylic acid groups (broad SMARTS) is 1. The number of carboxylic acids is 1. The summed E-state index contributed by atoms with van der Waals surface area (Å²) in [4.78, 5) is 31.4. The molecular weight excluding hydrogens is 470 g/mol. The number of thiazole rings is 1. The predicted octanol–water partition coefficient (Wildman–Crippen LogP) is 5.91. The van der Waals surface area contributed by atoms with Crippen molar-refractivity contribution >= 4 is 40.2 Å². The number of thioether (sulfide) groups is 1. The van der Waals surface area contributed by atoms with Crippen LogP contribution >= 0.6 is 23.1 Å². The van der Waals surface area contributed by atoms with E-state index in [9.17, 15) is 14.7 Å². The summed E-state index contributed by atoms with van der Waals surface area (Å²) in [6.07, 6.45) is 9.01. The standard InChI is InChI=1S/C25H33N3O4S2/c1-17-4-8-19(9-5-17)28(15-12-18-6-10-20(32-2)11-7-18)24(31)27-23-26-16-21(33-23)34-25(22(29)30)13-3-14-25/h6-7,10-11,16-17,19H,3-5,8-9,12-15H2,1-2H3,(H,29,30)(H,26,27,31). The Kier molecular flexibility index (Phi) is 8.03. The highest BCUT2D eigenvalue weighted by Crippen LogP contribution is 2.49. The van der Waals surface area contributed by atoms with Crippen LogP contribution in [0.4, 0.5) is 9.93 Å². The van der Waals surface area contributed by atoms with Crippen LogP contribution in [0, 0.1) is 5.92 Å². The lowest BCUT2D eigenvalue weighted by Gasteiger charge is -2.36. The van der Waals surface area contributed by atoms with Crippen molar-refractivity contribution in [2.24, 2.45) is 5.92 Å². The van der Waals surface area contributed by atoms with Crippen LogP contribution in [-0.4, -0.2) is 51.4 Å². The molecule has 184 valence electrons. The molecule has 0 spiro atoms. The number of ether oxygens (including phenoxy) is 1. The quantitative estimate of drug-likeness (QED) is 0.442. The van der Waals surface area contributed by atoms with Crippen LogP contribution < -0.4 is 10.1 Å².